The first-order chi connectivity index (χ1) is 13.6. The fourth-order valence-corrected chi connectivity index (χ4v) is 3.44. The highest BCUT2D eigenvalue weighted by Crippen LogP contribution is 2.24. The fraction of sp³-hybridized carbons (Fsp3) is 0.391. The lowest BCUT2D eigenvalue weighted by molar-refractivity contribution is 0.0512. The summed E-state index contributed by atoms with van der Waals surface area (Å²) in [6.45, 7) is 2.90. The Kier molecular flexibility index (Phi) is 6.80. The number of hydrogen-bond acceptors (Lipinski definition) is 4. The van der Waals surface area contributed by atoms with Crippen LogP contribution in [0.3, 0.4) is 0 Å². The molecule has 0 aliphatic carbocycles. The van der Waals surface area contributed by atoms with Gasteiger partial charge in [0.15, 0.2) is 0 Å². The topological polar surface area (TPSA) is 56.6 Å². The van der Waals surface area contributed by atoms with Gasteiger partial charge in [0, 0.05) is 31.8 Å². The summed E-state index contributed by atoms with van der Waals surface area (Å²) in [5.41, 5.74) is 3.11. The number of benzene rings is 2. The van der Waals surface area contributed by atoms with Gasteiger partial charge in [-0.1, -0.05) is 30.3 Å². The predicted molar refractivity (Wildman–Crippen MR) is 110 cm³/mol. The van der Waals surface area contributed by atoms with E-state index in [4.69, 9.17) is 4.74 Å². The molecule has 1 saturated heterocycles. The number of amides is 1. The average molecular weight is 377 g/mol. The summed E-state index contributed by atoms with van der Waals surface area (Å²) in [6.07, 6.45) is 2.20. The van der Waals surface area contributed by atoms with Crippen LogP contribution < -0.4 is 0 Å². The van der Waals surface area contributed by atoms with Crippen LogP contribution in [-0.4, -0.2) is 62.1 Å². The Morgan fingerprint density at radius 2 is 1.89 bits per heavy atom. The lowest BCUT2D eigenvalue weighted by atomic mass is 9.99. The van der Waals surface area contributed by atoms with Crippen LogP contribution in [0, 0.1) is 11.3 Å². The second kappa shape index (κ2) is 9.50. The summed E-state index contributed by atoms with van der Waals surface area (Å²) < 4.78 is 5.74. The van der Waals surface area contributed by atoms with Crippen LogP contribution in [0.15, 0.2) is 48.5 Å². The molecular formula is C23H27N3O2. The highest BCUT2D eigenvalue weighted by molar-refractivity contribution is 5.94. The largest absolute Gasteiger partial charge is 0.376 e. The fourth-order valence-electron chi connectivity index (χ4n) is 3.44. The van der Waals surface area contributed by atoms with Gasteiger partial charge in [-0.05, 0) is 56.3 Å². The van der Waals surface area contributed by atoms with Crippen LogP contribution in [0.25, 0.3) is 11.1 Å². The summed E-state index contributed by atoms with van der Waals surface area (Å²) in [6, 6.07) is 17.3. The lowest BCUT2D eigenvalue weighted by Crippen LogP contribution is -2.41. The Bertz CT molecular complexity index is 834. The molecule has 2 aromatic rings. The molecule has 1 atom stereocenters. The van der Waals surface area contributed by atoms with Gasteiger partial charge >= 0.3 is 0 Å². The maximum Gasteiger partial charge on any atom is 0.253 e. The number of nitrogens with zero attached hydrogens (tertiary/aromatic N) is 3. The van der Waals surface area contributed by atoms with Gasteiger partial charge in [-0.25, -0.2) is 0 Å². The summed E-state index contributed by atoms with van der Waals surface area (Å²) in [7, 11) is 4.02. The van der Waals surface area contributed by atoms with E-state index in [9.17, 15) is 10.1 Å². The van der Waals surface area contributed by atoms with Crippen molar-refractivity contribution in [3.63, 3.8) is 0 Å². The minimum Gasteiger partial charge on any atom is -0.376 e. The summed E-state index contributed by atoms with van der Waals surface area (Å²) in [4.78, 5) is 17.1. The molecule has 0 radical (unpaired) electrons. The zero-order chi connectivity index (χ0) is 19.9. The molecule has 5 heteroatoms. The van der Waals surface area contributed by atoms with Crippen molar-refractivity contribution >= 4 is 5.91 Å². The molecule has 5 nitrogen and oxygen atoms in total. The molecule has 1 heterocycles. The van der Waals surface area contributed by atoms with Crippen molar-refractivity contribution < 1.29 is 9.53 Å². The molecule has 146 valence electrons. The standard InChI is InChI=1S/C23H27N3O2/c1-25(2)13-14-26(17-21-7-5-15-28-21)23(27)19-11-9-18(10-12-19)22-8-4-3-6-20(22)16-24/h3-4,6,8-12,21H,5,7,13-15,17H2,1-2H3/t21-/m0/s1. The van der Waals surface area contributed by atoms with Gasteiger partial charge < -0.3 is 14.5 Å². The minimum atomic E-state index is 0.0254. The van der Waals surface area contributed by atoms with Crippen molar-refractivity contribution in [3.05, 3.63) is 59.7 Å². The van der Waals surface area contributed by atoms with E-state index < -0.39 is 0 Å². The molecule has 0 spiro atoms. The highest BCUT2D eigenvalue weighted by atomic mass is 16.5. The molecule has 0 aromatic heterocycles. The minimum absolute atomic E-state index is 0.0254. The molecule has 0 N–H and O–H groups in total. The number of carbonyl (C=O) groups is 1. The van der Waals surface area contributed by atoms with Gasteiger partial charge in [-0.2, -0.15) is 5.26 Å². The molecule has 3 rings (SSSR count). The molecule has 1 aliphatic rings. The van der Waals surface area contributed by atoms with Crippen LogP contribution in [0.1, 0.15) is 28.8 Å². The van der Waals surface area contributed by atoms with E-state index in [1.807, 2.05) is 61.5 Å². The first-order valence-electron chi connectivity index (χ1n) is 9.73. The van der Waals surface area contributed by atoms with Gasteiger partial charge in [-0.3, -0.25) is 4.79 Å². The Morgan fingerprint density at radius 3 is 2.54 bits per heavy atom. The molecular weight excluding hydrogens is 350 g/mol. The predicted octanol–water partition coefficient (Wildman–Crippen LogP) is 3.41. The van der Waals surface area contributed by atoms with Crippen LogP contribution in [0.4, 0.5) is 0 Å². The smallest absolute Gasteiger partial charge is 0.253 e. The number of nitriles is 1. The van der Waals surface area contributed by atoms with E-state index in [1.54, 1.807) is 6.07 Å². The monoisotopic (exact) mass is 377 g/mol. The van der Waals surface area contributed by atoms with Gasteiger partial charge in [0.25, 0.3) is 5.91 Å². The van der Waals surface area contributed by atoms with Crippen LogP contribution in [0.5, 0.6) is 0 Å². The Labute approximate surface area is 167 Å². The SMILES string of the molecule is CN(C)CCN(C[C@@H]1CCCO1)C(=O)c1ccc(-c2ccccc2C#N)cc1. The Balaban J connectivity index is 1.77. The molecule has 1 aliphatic heterocycles. The number of likely N-dealkylation sites (N-methyl/N-ethyl adjacent to an activating group) is 1. The molecule has 0 bridgehead atoms. The van der Waals surface area contributed by atoms with Crippen LogP contribution in [0.2, 0.25) is 0 Å². The van der Waals surface area contributed by atoms with E-state index in [1.165, 1.54) is 0 Å². The normalized spacial score (nSPS) is 16.1. The van der Waals surface area contributed by atoms with Gasteiger partial charge in [0.1, 0.15) is 0 Å². The summed E-state index contributed by atoms with van der Waals surface area (Å²) >= 11 is 0. The molecule has 1 fully saturated rings. The van der Waals surface area contributed by atoms with E-state index in [0.29, 0.717) is 24.2 Å². The molecule has 1 amide bonds. The third-order valence-corrected chi connectivity index (χ3v) is 5.04. The maximum absolute atomic E-state index is 13.1. The van der Waals surface area contributed by atoms with Crippen molar-refractivity contribution in [2.75, 3.05) is 40.3 Å². The summed E-state index contributed by atoms with van der Waals surface area (Å²) in [5.74, 6) is 0.0254. The van der Waals surface area contributed by atoms with Crippen LogP contribution >= 0.6 is 0 Å². The lowest BCUT2D eigenvalue weighted by Gasteiger charge is -2.27. The van der Waals surface area contributed by atoms with Crippen molar-refractivity contribution in [2.24, 2.45) is 0 Å². The van der Waals surface area contributed by atoms with E-state index in [0.717, 1.165) is 37.1 Å². The van der Waals surface area contributed by atoms with E-state index in [-0.39, 0.29) is 12.0 Å². The van der Waals surface area contributed by atoms with Gasteiger partial charge in [-0.15, -0.1) is 0 Å². The summed E-state index contributed by atoms with van der Waals surface area (Å²) in [5, 5.41) is 9.31. The number of carbonyl (C=O) groups excluding carboxylic acids is 1. The molecule has 2 aromatic carbocycles. The van der Waals surface area contributed by atoms with Crippen molar-refractivity contribution in [3.8, 4) is 17.2 Å². The Hall–Kier alpha value is -2.68. The molecule has 0 saturated carbocycles. The van der Waals surface area contributed by atoms with Gasteiger partial charge in [0.05, 0.1) is 17.7 Å². The zero-order valence-electron chi connectivity index (χ0n) is 16.6. The second-order valence-electron chi connectivity index (χ2n) is 7.42. The van der Waals surface area contributed by atoms with Gasteiger partial charge in [0.2, 0.25) is 0 Å². The number of ether oxygens (including phenoxy) is 1. The average Bonchev–Trinajstić information content (AvgIpc) is 3.23. The van der Waals surface area contributed by atoms with Crippen molar-refractivity contribution in [1.29, 1.82) is 5.26 Å². The highest BCUT2D eigenvalue weighted by Gasteiger charge is 2.23. The number of hydrogen-bond donors (Lipinski definition) is 0. The first-order valence-corrected chi connectivity index (χ1v) is 9.73. The van der Waals surface area contributed by atoms with Crippen LogP contribution in [-0.2, 0) is 4.74 Å². The molecule has 28 heavy (non-hydrogen) atoms. The molecule has 0 unspecified atom stereocenters. The third kappa shape index (κ3) is 4.98. The second-order valence-corrected chi connectivity index (χ2v) is 7.42. The Morgan fingerprint density at radius 1 is 1.14 bits per heavy atom. The zero-order valence-corrected chi connectivity index (χ0v) is 16.6. The van der Waals surface area contributed by atoms with Crippen molar-refractivity contribution in [1.82, 2.24) is 9.80 Å². The third-order valence-electron chi connectivity index (χ3n) is 5.04. The van der Waals surface area contributed by atoms with Crippen molar-refractivity contribution in [2.45, 2.75) is 18.9 Å². The first kappa shape index (κ1) is 20.1. The maximum atomic E-state index is 13.1. The van der Waals surface area contributed by atoms with E-state index in [2.05, 4.69) is 11.0 Å². The quantitative estimate of drug-likeness (QED) is 0.742. The van der Waals surface area contributed by atoms with E-state index >= 15 is 0 Å². The number of rotatable bonds is 7.